The molecule has 0 N–H and O–H groups in total. The summed E-state index contributed by atoms with van der Waals surface area (Å²) in [5, 5.41) is 0. The topological polar surface area (TPSA) is 31.4 Å². The number of pyridine rings is 1. The van der Waals surface area contributed by atoms with Gasteiger partial charge in [0.15, 0.2) is 0 Å². The number of hydrogen-bond donors (Lipinski definition) is 0. The maximum absolute atomic E-state index is 5.79. The Labute approximate surface area is 96.8 Å². The van der Waals surface area contributed by atoms with Crippen molar-refractivity contribution in [2.75, 3.05) is 0 Å². The molecule has 3 heteroatoms. The second-order valence-electron chi connectivity index (χ2n) is 5.27. The Morgan fingerprint density at radius 1 is 1.31 bits per heavy atom. The molecule has 0 unspecified atom stereocenters. The lowest BCUT2D eigenvalue weighted by molar-refractivity contribution is 0.122. The Hall–Kier alpha value is -1.25. The third-order valence-electron chi connectivity index (χ3n) is 2.33. The van der Waals surface area contributed by atoms with Crippen LogP contribution in [-0.2, 0) is 0 Å². The summed E-state index contributed by atoms with van der Waals surface area (Å²) in [7, 11) is 0. The van der Waals surface area contributed by atoms with Gasteiger partial charge in [-0.15, -0.1) is 0 Å². The van der Waals surface area contributed by atoms with Gasteiger partial charge in [0.25, 0.3) is 0 Å². The first-order chi connectivity index (χ1) is 7.46. The highest BCUT2D eigenvalue weighted by Gasteiger charge is 2.25. The highest BCUT2D eigenvalue weighted by molar-refractivity contribution is 5.38. The van der Waals surface area contributed by atoms with Gasteiger partial charge in [0, 0.05) is 6.20 Å². The van der Waals surface area contributed by atoms with Crippen molar-refractivity contribution < 1.29 is 9.47 Å². The van der Waals surface area contributed by atoms with Gasteiger partial charge in [0.05, 0.1) is 11.7 Å². The fourth-order valence-electron chi connectivity index (χ4n) is 1.39. The maximum atomic E-state index is 5.79. The molecule has 0 aliphatic heterocycles. The van der Waals surface area contributed by atoms with E-state index in [0.717, 1.165) is 24.2 Å². The van der Waals surface area contributed by atoms with Crippen LogP contribution in [0.2, 0.25) is 0 Å². The molecule has 0 radical (unpaired) electrons. The van der Waals surface area contributed by atoms with E-state index in [4.69, 9.17) is 9.47 Å². The average Bonchev–Trinajstić information content (AvgIpc) is 2.93. The van der Waals surface area contributed by atoms with Crippen molar-refractivity contribution in [3.8, 4) is 11.6 Å². The second-order valence-corrected chi connectivity index (χ2v) is 5.27. The van der Waals surface area contributed by atoms with Gasteiger partial charge in [0.1, 0.15) is 11.4 Å². The van der Waals surface area contributed by atoms with Crippen molar-refractivity contribution in [1.29, 1.82) is 0 Å². The van der Waals surface area contributed by atoms with Crippen LogP contribution >= 0.6 is 0 Å². The summed E-state index contributed by atoms with van der Waals surface area (Å²) in [5.74, 6) is 1.57. The molecule has 1 aliphatic rings. The highest BCUT2D eigenvalue weighted by Crippen LogP contribution is 2.32. The summed E-state index contributed by atoms with van der Waals surface area (Å²) < 4.78 is 11.6. The Morgan fingerprint density at radius 2 is 2.00 bits per heavy atom. The predicted molar refractivity (Wildman–Crippen MR) is 63.0 cm³/mol. The van der Waals surface area contributed by atoms with E-state index in [1.165, 1.54) is 0 Å². The van der Waals surface area contributed by atoms with Crippen molar-refractivity contribution >= 4 is 0 Å². The summed E-state index contributed by atoms with van der Waals surface area (Å²) in [5.41, 5.74) is 0.764. The van der Waals surface area contributed by atoms with Crippen LogP contribution in [0.25, 0.3) is 0 Å². The standard InChI is InChI=1S/C13H19NO2/c1-9-11(15-10-5-6-10)7-8-14-12(9)16-13(2,3)4/h7-8,10H,5-6H2,1-4H3. The second kappa shape index (κ2) is 3.96. The average molecular weight is 221 g/mol. The lowest BCUT2D eigenvalue weighted by atomic mass is 10.2. The molecule has 0 atom stereocenters. The Kier molecular flexibility index (Phi) is 2.78. The van der Waals surface area contributed by atoms with Gasteiger partial charge >= 0.3 is 0 Å². The third-order valence-corrected chi connectivity index (χ3v) is 2.33. The summed E-state index contributed by atoms with van der Waals surface area (Å²) in [6.07, 6.45) is 4.48. The van der Waals surface area contributed by atoms with Gasteiger partial charge in [-0.3, -0.25) is 0 Å². The molecule has 0 amide bonds. The molecule has 16 heavy (non-hydrogen) atoms. The normalized spacial score (nSPS) is 16.0. The number of aromatic nitrogens is 1. The molecular weight excluding hydrogens is 202 g/mol. The first-order valence-electron chi connectivity index (χ1n) is 5.77. The van der Waals surface area contributed by atoms with Gasteiger partial charge in [-0.2, -0.15) is 0 Å². The molecule has 3 nitrogen and oxygen atoms in total. The number of rotatable bonds is 3. The van der Waals surface area contributed by atoms with Crippen LogP contribution < -0.4 is 9.47 Å². The summed E-state index contributed by atoms with van der Waals surface area (Å²) >= 11 is 0. The van der Waals surface area contributed by atoms with Crippen molar-refractivity contribution in [3.63, 3.8) is 0 Å². The minimum Gasteiger partial charge on any atom is -0.490 e. The summed E-state index contributed by atoms with van der Waals surface area (Å²) in [4.78, 5) is 4.25. The number of hydrogen-bond acceptors (Lipinski definition) is 3. The largest absolute Gasteiger partial charge is 0.490 e. The van der Waals surface area contributed by atoms with Gasteiger partial charge in [0.2, 0.25) is 5.88 Å². The smallest absolute Gasteiger partial charge is 0.220 e. The molecule has 1 aromatic heterocycles. The van der Waals surface area contributed by atoms with Gasteiger partial charge in [-0.05, 0) is 46.6 Å². The van der Waals surface area contributed by atoms with Crippen LogP contribution in [0.1, 0.15) is 39.2 Å². The molecule has 0 aromatic carbocycles. The molecule has 0 saturated heterocycles. The van der Waals surface area contributed by atoms with Crippen LogP contribution in [0.5, 0.6) is 11.6 Å². The minimum absolute atomic E-state index is 0.226. The van der Waals surface area contributed by atoms with Crippen molar-refractivity contribution in [2.24, 2.45) is 0 Å². The van der Waals surface area contributed by atoms with Crippen molar-refractivity contribution in [2.45, 2.75) is 52.2 Å². The first kappa shape index (κ1) is 11.2. The van der Waals surface area contributed by atoms with Crippen LogP contribution in [0, 0.1) is 6.92 Å². The summed E-state index contributed by atoms with van der Waals surface area (Å²) in [6, 6.07) is 1.91. The molecule has 1 aliphatic carbocycles. The Morgan fingerprint density at radius 3 is 2.56 bits per heavy atom. The van der Waals surface area contributed by atoms with E-state index in [0.29, 0.717) is 12.0 Å². The fourth-order valence-corrected chi connectivity index (χ4v) is 1.39. The van der Waals surface area contributed by atoms with E-state index in [1.54, 1.807) is 6.20 Å². The van der Waals surface area contributed by atoms with E-state index < -0.39 is 0 Å². The molecule has 88 valence electrons. The molecule has 1 fully saturated rings. The molecule has 0 spiro atoms. The zero-order valence-electron chi connectivity index (χ0n) is 10.4. The lowest BCUT2D eigenvalue weighted by Crippen LogP contribution is -2.24. The SMILES string of the molecule is Cc1c(OC2CC2)ccnc1OC(C)(C)C. The Balaban J connectivity index is 2.18. The van der Waals surface area contributed by atoms with E-state index >= 15 is 0 Å². The zero-order chi connectivity index (χ0) is 11.8. The van der Waals surface area contributed by atoms with Gasteiger partial charge in [-0.1, -0.05) is 0 Å². The zero-order valence-corrected chi connectivity index (χ0v) is 10.4. The van der Waals surface area contributed by atoms with Crippen LogP contribution in [0.4, 0.5) is 0 Å². The lowest BCUT2D eigenvalue weighted by Gasteiger charge is -2.22. The maximum Gasteiger partial charge on any atom is 0.220 e. The molecule has 1 aromatic rings. The number of ether oxygens (including phenoxy) is 2. The monoisotopic (exact) mass is 221 g/mol. The highest BCUT2D eigenvalue weighted by atomic mass is 16.5. The van der Waals surface area contributed by atoms with Crippen molar-refractivity contribution in [3.05, 3.63) is 17.8 Å². The number of nitrogens with zero attached hydrogens (tertiary/aromatic N) is 1. The molecule has 1 saturated carbocycles. The van der Waals surface area contributed by atoms with E-state index in [9.17, 15) is 0 Å². The van der Waals surface area contributed by atoms with E-state index in [2.05, 4.69) is 4.98 Å². The first-order valence-corrected chi connectivity index (χ1v) is 5.77. The van der Waals surface area contributed by atoms with Crippen molar-refractivity contribution in [1.82, 2.24) is 4.98 Å². The van der Waals surface area contributed by atoms with Crippen LogP contribution in [0.3, 0.4) is 0 Å². The Bertz CT molecular complexity index is 378. The van der Waals surface area contributed by atoms with Gasteiger partial charge in [-0.25, -0.2) is 4.98 Å². The van der Waals surface area contributed by atoms with Gasteiger partial charge < -0.3 is 9.47 Å². The van der Waals surface area contributed by atoms with E-state index in [1.807, 2.05) is 33.8 Å². The molecule has 1 heterocycles. The molecule has 2 rings (SSSR count). The summed E-state index contributed by atoms with van der Waals surface area (Å²) in [6.45, 7) is 8.04. The quantitative estimate of drug-likeness (QED) is 0.786. The fraction of sp³-hybridized carbons (Fsp3) is 0.615. The van der Waals surface area contributed by atoms with Crippen LogP contribution in [-0.4, -0.2) is 16.7 Å². The molecule has 0 bridgehead atoms. The molecular formula is C13H19NO2. The third kappa shape index (κ3) is 2.87. The predicted octanol–water partition coefficient (Wildman–Crippen LogP) is 3.11. The van der Waals surface area contributed by atoms with Crippen LogP contribution in [0.15, 0.2) is 12.3 Å². The minimum atomic E-state index is -0.226. The van der Waals surface area contributed by atoms with E-state index in [-0.39, 0.29) is 5.60 Å².